The molecule has 0 saturated carbocycles. The van der Waals surface area contributed by atoms with E-state index in [1.165, 1.54) is 4.90 Å². The van der Waals surface area contributed by atoms with E-state index >= 15 is 0 Å². The summed E-state index contributed by atoms with van der Waals surface area (Å²) in [6, 6.07) is 0. The fourth-order valence-electron chi connectivity index (χ4n) is 1.26. The smallest absolute Gasteiger partial charge is 0.409 e. The minimum Gasteiger partial charge on any atom is -0.465 e. The molecule has 1 saturated heterocycles. The standard InChI is InChI=1S/C6H12N2O3/c7-11-5-3-1-2-4-8(5)6(9)10/h5H,1-4,7H2,(H,9,10). The van der Waals surface area contributed by atoms with Gasteiger partial charge in [0.25, 0.3) is 0 Å². The average molecular weight is 160 g/mol. The Labute approximate surface area is 64.7 Å². The summed E-state index contributed by atoms with van der Waals surface area (Å²) < 4.78 is 0. The molecule has 1 heterocycles. The van der Waals surface area contributed by atoms with Crippen LogP contribution in [0.3, 0.4) is 0 Å². The van der Waals surface area contributed by atoms with Crippen molar-refractivity contribution < 1.29 is 14.7 Å². The normalized spacial score (nSPS) is 25.2. The van der Waals surface area contributed by atoms with E-state index in [2.05, 4.69) is 4.84 Å². The van der Waals surface area contributed by atoms with Crippen LogP contribution in [-0.2, 0) is 4.84 Å². The van der Waals surface area contributed by atoms with E-state index in [4.69, 9.17) is 11.0 Å². The van der Waals surface area contributed by atoms with Gasteiger partial charge < -0.3 is 5.11 Å². The summed E-state index contributed by atoms with van der Waals surface area (Å²) in [5.74, 6) is 4.93. The van der Waals surface area contributed by atoms with Gasteiger partial charge in [-0.2, -0.15) is 0 Å². The van der Waals surface area contributed by atoms with Crippen LogP contribution in [0.5, 0.6) is 0 Å². The quantitative estimate of drug-likeness (QED) is 0.543. The molecule has 1 atom stereocenters. The van der Waals surface area contributed by atoms with Gasteiger partial charge in [-0.1, -0.05) is 0 Å². The first-order chi connectivity index (χ1) is 5.25. The Bertz CT molecular complexity index is 151. The lowest BCUT2D eigenvalue weighted by Gasteiger charge is -2.31. The van der Waals surface area contributed by atoms with Gasteiger partial charge in [-0.15, -0.1) is 0 Å². The van der Waals surface area contributed by atoms with Gasteiger partial charge in [0.05, 0.1) is 0 Å². The number of hydrogen-bond donors (Lipinski definition) is 2. The zero-order valence-corrected chi connectivity index (χ0v) is 6.19. The van der Waals surface area contributed by atoms with Crippen LogP contribution in [0.2, 0.25) is 0 Å². The fourth-order valence-corrected chi connectivity index (χ4v) is 1.26. The molecule has 1 aliphatic rings. The highest BCUT2D eigenvalue weighted by Gasteiger charge is 2.26. The molecule has 64 valence electrons. The highest BCUT2D eigenvalue weighted by Crippen LogP contribution is 2.16. The highest BCUT2D eigenvalue weighted by atomic mass is 16.6. The zero-order chi connectivity index (χ0) is 8.27. The molecule has 11 heavy (non-hydrogen) atoms. The predicted octanol–water partition coefficient (Wildman–Crippen LogP) is 0.367. The van der Waals surface area contributed by atoms with Crippen LogP contribution in [0.4, 0.5) is 4.79 Å². The summed E-state index contributed by atoms with van der Waals surface area (Å²) in [6.45, 7) is 0.525. The average Bonchev–Trinajstić information content (AvgIpc) is 2.04. The third-order valence-corrected chi connectivity index (χ3v) is 1.85. The van der Waals surface area contributed by atoms with Gasteiger partial charge in [0.2, 0.25) is 0 Å². The van der Waals surface area contributed by atoms with E-state index in [1.54, 1.807) is 0 Å². The van der Waals surface area contributed by atoms with Crippen molar-refractivity contribution in [3.05, 3.63) is 0 Å². The van der Waals surface area contributed by atoms with E-state index in [0.717, 1.165) is 12.8 Å². The summed E-state index contributed by atoms with van der Waals surface area (Å²) in [5, 5.41) is 8.63. The van der Waals surface area contributed by atoms with Crippen LogP contribution < -0.4 is 5.90 Å². The number of carboxylic acid groups (broad SMARTS) is 1. The van der Waals surface area contributed by atoms with Crippen LogP contribution in [0.15, 0.2) is 0 Å². The lowest BCUT2D eigenvalue weighted by Crippen LogP contribution is -2.45. The van der Waals surface area contributed by atoms with Crippen molar-refractivity contribution in [3.8, 4) is 0 Å². The SMILES string of the molecule is NOC1CCCCN1C(=O)O. The number of piperidine rings is 1. The highest BCUT2D eigenvalue weighted by molar-refractivity contribution is 5.65. The van der Waals surface area contributed by atoms with E-state index in [0.29, 0.717) is 13.0 Å². The lowest BCUT2D eigenvalue weighted by molar-refractivity contribution is -0.0682. The Hall–Kier alpha value is -0.810. The number of carbonyl (C=O) groups is 1. The van der Waals surface area contributed by atoms with Crippen molar-refractivity contribution in [3.63, 3.8) is 0 Å². The molecule has 0 aromatic rings. The fraction of sp³-hybridized carbons (Fsp3) is 0.833. The second-order valence-corrected chi connectivity index (χ2v) is 2.56. The predicted molar refractivity (Wildman–Crippen MR) is 37.6 cm³/mol. The number of hydrogen-bond acceptors (Lipinski definition) is 3. The van der Waals surface area contributed by atoms with E-state index < -0.39 is 12.3 Å². The van der Waals surface area contributed by atoms with Crippen molar-refractivity contribution in [1.82, 2.24) is 4.90 Å². The number of nitrogens with two attached hydrogens (primary N) is 1. The Balaban J connectivity index is 2.51. The molecule has 0 bridgehead atoms. The number of amides is 1. The van der Waals surface area contributed by atoms with Gasteiger partial charge in [0.1, 0.15) is 0 Å². The number of nitrogens with zero attached hydrogens (tertiary/aromatic N) is 1. The molecule has 1 rings (SSSR count). The van der Waals surface area contributed by atoms with Crippen molar-refractivity contribution >= 4 is 6.09 Å². The summed E-state index contributed by atoms with van der Waals surface area (Å²) in [4.78, 5) is 16.2. The van der Waals surface area contributed by atoms with E-state index in [9.17, 15) is 4.79 Å². The third-order valence-electron chi connectivity index (χ3n) is 1.85. The summed E-state index contributed by atoms with van der Waals surface area (Å²) in [6.07, 6.45) is 1.17. The first kappa shape index (κ1) is 8.29. The molecule has 0 aromatic heterocycles. The third kappa shape index (κ3) is 1.81. The molecule has 1 amide bonds. The van der Waals surface area contributed by atoms with Crippen LogP contribution in [0.25, 0.3) is 0 Å². The molecule has 0 aromatic carbocycles. The Kier molecular flexibility index (Phi) is 2.67. The van der Waals surface area contributed by atoms with Gasteiger partial charge in [-0.25, -0.2) is 10.7 Å². The molecule has 0 radical (unpaired) electrons. The topological polar surface area (TPSA) is 75.8 Å². The maximum atomic E-state index is 10.5. The monoisotopic (exact) mass is 160 g/mol. The van der Waals surface area contributed by atoms with Crippen LogP contribution >= 0.6 is 0 Å². The summed E-state index contributed by atoms with van der Waals surface area (Å²) in [7, 11) is 0. The number of likely N-dealkylation sites (tertiary alicyclic amines) is 1. The van der Waals surface area contributed by atoms with Gasteiger partial charge in [0, 0.05) is 6.54 Å². The maximum absolute atomic E-state index is 10.5. The van der Waals surface area contributed by atoms with E-state index in [1.807, 2.05) is 0 Å². The first-order valence-corrected chi connectivity index (χ1v) is 3.61. The molecular formula is C6H12N2O3. The molecule has 1 unspecified atom stereocenters. The molecule has 1 aliphatic heterocycles. The second kappa shape index (κ2) is 3.54. The Morgan fingerprint density at radius 1 is 1.64 bits per heavy atom. The second-order valence-electron chi connectivity index (χ2n) is 2.56. The van der Waals surface area contributed by atoms with Crippen molar-refractivity contribution in [2.45, 2.75) is 25.5 Å². The first-order valence-electron chi connectivity index (χ1n) is 3.61. The molecule has 0 spiro atoms. The lowest BCUT2D eigenvalue weighted by atomic mass is 10.1. The van der Waals surface area contributed by atoms with Gasteiger partial charge >= 0.3 is 6.09 Å². The Morgan fingerprint density at radius 2 is 2.36 bits per heavy atom. The van der Waals surface area contributed by atoms with Crippen molar-refractivity contribution in [1.29, 1.82) is 0 Å². The van der Waals surface area contributed by atoms with Crippen molar-refractivity contribution in [2.75, 3.05) is 6.54 Å². The molecular weight excluding hydrogens is 148 g/mol. The maximum Gasteiger partial charge on any atom is 0.409 e. The minimum atomic E-state index is -0.958. The summed E-state index contributed by atoms with van der Waals surface area (Å²) >= 11 is 0. The van der Waals surface area contributed by atoms with Crippen LogP contribution in [-0.4, -0.2) is 28.9 Å². The molecule has 0 aliphatic carbocycles. The van der Waals surface area contributed by atoms with Gasteiger partial charge in [0.15, 0.2) is 6.23 Å². The molecule has 5 heteroatoms. The Morgan fingerprint density at radius 3 is 2.82 bits per heavy atom. The molecule has 1 fully saturated rings. The van der Waals surface area contributed by atoms with E-state index in [-0.39, 0.29) is 0 Å². The molecule has 5 nitrogen and oxygen atoms in total. The van der Waals surface area contributed by atoms with Gasteiger partial charge in [-0.3, -0.25) is 9.74 Å². The van der Waals surface area contributed by atoms with Crippen LogP contribution in [0, 0.1) is 0 Å². The molecule has 3 N–H and O–H groups in total. The van der Waals surface area contributed by atoms with Crippen molar-refractivity contribution in [2.24, 2.45) is 5.90 Å². The van der Waals surface area contributed by atoms with Crippen LogP contribution in [0.1, 0.15) is 19.3 Å². The zero-order valence-electron chi connectivity index (χ0n) is 6.19. The van der Waals surface area contributed by atoms with Gasteiger partial charge in [-0.05, 0) is 19.3 Å². The minimum absolute atomic E-state index is 0.443. The summed E-state index contributed by atoms with van der Waals surface area (Å²) in [5.41, 5.74) is 0. The largest absolute Gasteiger partial charge is 0.465 e. The number of rotatable bonds is 1.